The zero-order valence-corrected chi connectivity index (χ0v) is 10.6. The third-order valence-corrected chi connectivity index (χ3v) is 2.79. The van der Waals surface area contributed by atoms with Gasteiger partial charge in [0.15, 0.2) is 5.82 Å². The lowest BCUT2D eigenvalue weighted by Crippen LogP contribution is -2.23. The van der Waals surface area contributed by atoms with Crippen molar-refractivity contribution in [1.29, 1.82) is 0 Å². The maximum atomic E-state index is 11.8. The molecule has 0 aliphatic rings. The highest BCUT2D eigenvalue weighted by atomic mass is 35.5. The molecule has 0 saturated carbocycles. The Bertz CT molecular complexity index is 618. The summed E-state index contributed by atoms with van der Waals surface area (Å²) in [6, 6.07) is 1.64. The molecule has 0 N–H and O–H groups in total. The Hall–Kier alpha value is -1.46. The lowest BCUT2D eigenvalue weighted by atomic mass is 10.4. The fraction of sp³-hybridized carbons (Fsp3) is 0.200. The topological polar surface area (TPSA) is 60.7 Å². The Balaban J connectivity index is 2.69. The van der Waals surface area contributed by atoms with E-state index in [-0.39, 0.29) is 10.0 Å². The highest BCUT2D eigenvalue weighted by molar-refractivity contribution is 6.41. The second-order valence-corrected chi connectivity index (χ2v) is 4.22. The van der Waals surface area contributed by atoms with Gasteiger partial charge in [-0.15, -0.1) is 0 Å². The zero-order valence-electron chi connectivity index (χ0n) is 9.11. The molecule has 0 spiro atoms. The van der Waals surface area contributed by atoms with Crippen LogP contribution in [0.4, 0.5) is 0 Å². The molecule has 2 rings (SSSR count). The molecule has 88 valence electrons. The van der Waals surface area contributed by atoms with Gasteiger partial charge in [0.1, 0.15) is 10.8 Å². The highest BCUT2D eigenvalue weighted by Crippen LogP contribution is 2.15. The predicted molar refractivity (Wildman–Crippen MR) is 64.9 cm³/mol. The fourth-order valence-corrected chi connectivity index (χ4v) is 1.64. The van der Waals surface area contributed by atoms with Crippen molar-refractivity contribution in [2.75, 3.05) is 0 Å². The summed E-state index contributed by atoms with van der Waals surface area (Å²) in [6.07, 6.45) is 1.30. The quantitative estimate of drug-likeness (QED) is 0.795. The van der Waals surface area contributed by atoms with Crippen molar-refractivity contribution in [3.8, 4) is 5.82 Å². The van der Waals surface area contributed by atoms with Crippen molar-refractivity contribution < 1.29 is 0 Å². The van der Waals surface area contributed by atoms with E-state index in [9.17, 15) is 4.79 Å². The third kappa shape index (κ3) is 2.30. The number of aromatic nitrogens is 4. The van der Waals surface area contributed by atoms with E-state index in [1.807, 2.05) is 0 Å². The van der Waals surface area contributed by atoms with Crippen LogP contribution in [0.15, 0.2) is 17.1 Å². The molecule has 0 aliphatic heterocycles. The molecule has 0 unspecified atom stereocenters. The maximum absolute atomic E-state index is 11.8. The minimum absolute atomic E-state index is 0.0735. The molecule has 17 heavy (non-hydrogen) atoms. The molecule has 0 bridgehead atoms. The fourth-order valence-electron chi connectivity index (χ4n) is 1.38. The highest BCUT2D eigenvalue weighted by Gasteiger charge is 2.10. The van der Waals surface area contributed by atoms with Crippen LogP contribution in [0, 0.1) is 13.8 Å². The summed E-state index contributed by atoms with van der Waals surface area (Å²) in [6.45, 7) is 3.54. The minimum atomic E-state index is -0.503. The van der Waals surface area contributed by atoms with Gasteiger partial charge in [0, 0.05) is 11.8 Å². The average molecular weight is 271 g/mol. The first-order chi connectivity index (χ1) is 7.99. The van der Waals surface area contributed by atoms with Crippen LogP contribution in [0.3, 0.4) is 0 Å². The summed E-state index contributed by atoms with van der Waals surface area (Å²) in [4.78, 5) is 20.1. The van der Waals surface area contributed by atoms with E-state index in [0.29, 0.717) is 11.6 Å². The molecule has 7 heteroatoms. The second kappa shape index (κ2) is 4.43. The Labute approximate surface area is 107 Å². The van der Waals surface area contributed by atoms with Crippen LogP contribution < -0.4 is 5.56 Å². The van der Waals surface area contributed by atoms with Crippen molar-refractivity contribution in [2.24, 2.45) is 0 Å². The van der Waals surface area contributed by atoms with Crippen molar-refractivity contribution in [2.45, 2.75) is 13.8 Å². The van der Waals surface area contributed by atoms with Crippen LogP contribution in [-0.2, 0) is 0 Å². The van der Waals surface area contributed by atoms with E-state index >= 15 is 0 Å². The lowest BCUT2D eigenvalue weighted by Gasteiger charge is -2.05. The van der Waals surface area contributed by atoms with E-state index in [1.54, 1.807) is 19.9 Å². The van der Waals surface area contributed by atoms with E-state index in [1.165, 1.54) is 6.20 Å². The van der Waals surface area contributed by atoms with Crippen LogP contribution in [-0.4, -0.2) is 19.7 Å². The van der Waals surface area contributed by atoms with Crippen LogP contribution in [0.5, 0.6) is 0 Å². The summed E-state index contributed by atoms with van der Waals surface area (Å²) in [5, 5.41) is 3.94. The van der Waals surface area contributed by atoms with Crippen LogP contribution >= 0.6 is 23.2 Å². The molecule has 0 fully saturated rings. The molecule has 0 radical (unpaired) electrons. The van der Waals surface area contributed by atoms with Gasteiger partial charge in [-0.1, -0.05) is 23.2 Å². The smallest absolute Gasteiger partial charge is 0.266 e. The maximum Gasteiger partial charge on any atom is 0.293 e. The standard InChI is InChI=1S/C10H8Cl2N4O/c1-5-3-8(15-6(2)14-5)16-10(17)9(12)7(11)4-13-16/h3-4H,1-2H3. The van der Waals surface area contributed by atoms with Gasteiger partial charge in [-0.25, -0.2) is 9.97 Å². The number of aryl methyl sites for hydroxylation is 2. The summed E-state index contributed by atoms with van der Waals surface area (Å²) in [7, 11) is 0. The average Bonchev–Trinajstić information content (AvgIpc) is 2.24. The number of hydrogen-bond donors (Lipinski definition) is 0. The first kappa shape index (κ1) is 12.0. The zero-order chi connectivity index (χ0) is 12.6. The number of nitrogens with zero attached hydrogens (tertiary/aromatic N) is 4. The normalized spacial score (nSPS) is 10.6. The molecule has 0 aromatic carbocycles. The van der Waals surface area contributed by atoms with Crippen LogP contribution in [0.2, 0.25) is 10.0 Å². The molecule has 0 amide bonds. The van der Waals surface area contributed by atoms with Crippen molar-refractivity contribution in [3.05, 3.63) is 44.2 Å². The van der Waals surface area contributed by atoms with E-state index in [0.717, 1.165) is 10.4 Å². The number of halogens is 2. The molecule has 2 heterocycles. The molecule has 2 aromatic rings. The molecule has 0 saturated heterocycles. The number of hydrogen-bond acceptors (Lipinski definition) is 4. The SMILES string of the molecule is Cc1cc(-n2ncc(Cl)c(Cl)c2=O)nc(C)n1. The molecule has 0 atom stereocenters. The first-order valence-electron chi connectivity index (χ1n) is 4.75. The summed E-state index contributed by atoms with van der Waals surface area (Å²) in [5.74, 6) is 0.929. The summed E-state index contributed by atoms with van der Waals surface area (Å²) in [5.41, 5.74) is 0.240. The van der Waals surface area contributed by atoms with Crippen molar-refractivity contribution in [1.82, 2.24) is 19.7 Å². The van der Waals surface area contributed by atoms with Gasteiger partial charge in [0.05, 0.1) is 11.2 Å². The Kier molecular flexibility index (Phi) is 3.13. The molecular formula is C10H8Cl2N4O. The summed E-state index contributed by atoms with van der Waals surface area (Å²) >= 11 is 11.5. The monoisotopic (exact) mass is 270 g/mol. The lowest BCUT2D eigenvalue weighted by molar-refractivity contribution is 0.767. The van der Waals surface area contributed by atoms with Gasteiger partial charge < -0.3 is 0 Å². The van der Waals surface area contributed by atoms with Crippen LogP contribution in [0.25, 0.3) is 5.82 Å². The van der Waals surface area contributed by atoms with E-state index in [4.69, 9.17) is 23.2 Å². The van der Waals surface area contributed by atoms with Crippen molar-refractivity contribution in [3.63, 3.8) is 0 Å². The Morgan fingerprint density at radius 2 is 1.94 bits per heavy atom. The molecule has 5 nitrogen and oxygen atoms in total. The Morgan fingerprint density at radius 1 is 1.24 bits per heavy atom. The predicted octanol–water partition coefficient (Wildman–Crippen LogP) is 1.95. The number of rotatable bonds is 1. The first-order valence-corrected chi connectivity index (χ1v) is 5.50. The molecule has 0 aliphatic carbocycles. The van der Waals surface area contributed by atoms with Crippen LogP contribution in [0.1, 0.15) is 11.5 Å². The van der Waals surface area contributed by atoms with Gasteiger partial charge in [0.2, 0.25) is 0 Å². The molecule has 2 aromatic heterocycles. The summed E-state index contributed by atoms with van der Waals surface area (Å²) < 4.78 is 1.09. The van der Waals surface area contributed by atoms with Crippen molar-refractivity contribution >= 4 is 23.2 Å². The van der Waals surface area contributed by atoms with Gasteiger partial charge >= 0.3 is 0 Å². The van der Waals surface area contributed by atoms with Gasteiger partial charge in [-0.05, 0) is 13.8 Å². The van der Waals surface area contributed by atoms with E-state index in [2.05, 4.69) is 15.1 Å². The molecular weight excluding hydrogens is 263 g/mol. The Morgan fingerprint density at radius 3 is 2.59 bits per heavy atom. The van der Waals surface area contributed by atoms with Gasteiger partial charge in [-0.2, -0.15) is 9.78 Å². The second-order valence-electron chi connectivity index (χ2n) is 3.44. The third-order valence-electron chi connectivity index (χ3n) is 2.05. The van der Waals surface area contributed by atoms with Gasteiger partial charge in [-0.3, -0.25) is 4.79 Å². The largest absolute Gasteiger partial charge is 0.293 e. The minimum Gasteiger partial charge on any atom is -0.266 e. The van der Waals surface area contributed by atoms with E-state index < -0.39 is 5.56 Å². The van der Waals surface area contributed by atoms with Gasteiger partial charge in [0.25, 0.3) is 5.56 Å².